The molecule has 246 valence electrons. The molecular weight excluding hydrogens is 609 g/mol. The van der Waals surface area contributed by atoms with Crippen LogP contribution in [0.5, 0.6) is 0 Å². The van der Waals surface area contributed by atoms with Crippen LogP contribution in [0.1, 0.15) is 47.8 Å². The number of hydrogen-bond donors (Lipinski definition) is 4. The lowest BCUT2D eigenvalue weighted by Crippen LogP contribution is -2.28. The number of benzene rings is 1. The molecule has 0 aliphatic heterocycles. The summed E-state index contributed by atoms with van der Waals surface area (Å²) in [6, 6.07) is 5.26. The number of imidazole rings is 1. The predicted octanol–water partition coefficient (Wildman–Crippen LogP) is 3.69. The molecule has 16 heteroatoms. The predicted molar refractivity (Wildman–Crippen MR) is 162 cm³/mol. The first kappa shape index (κ1) is 34.1. The Balaban J connectivity index is 0.00000154. The molecule has 3 heterocycles. The Morgan fingerprint density at radius 2 is 2.04 bits per heavy atom. The van der Waals surface area contributed by atoms with Crippen molar-refractivity contribution in [1.29, 1.82) is 0 Å². The molecule has 0 radical (unpaired) electrons. The first-order valence-corrected chi connectivity index (χ1v) is 14.6. The maximum absolute atomic E-state index is 14.1. The lowest BCUT2D eigenvalue weighted by Gasteiger charge is -2.13. The molecule has 1 saturated carbocycles. The average Bonchev–Trinajstić information content (AvgIpc) is 3.76. The van der Waals surface area contributed by atoms with Gasteiger partial charge in [-0.25, -0.2) is 9.97 Å². The summed E-state index contributed by atoms with van der Waals surface area (Å²) in [5.74, 6) is 0.189. The maximum atomic E-state index is 14.1. The van der Waals surface area contributed by atoms with E-state index in [1.165, 1.54) is 33.9 Å². The Kier molecular flexibility index (Phi) is 11.4. The van der Waals surface area contributed by atoms with Gasteiger partial charge >= 0.3 is 6.18 Å². The molecule has 1 fully saturated rings. The smallest absolute Gasteiger partial charge is 0.435 e. The highest BCUT2D eigenvalue weighted by Gasteiger charge is 2.39. The highest BCUT2D eigenvalue weighted by Crippen LogP contribution is 2.37. The van der Waals surface area contributed by atoms with E-state index >= 15 is 0 Å². The van der Waals surface area contributed by atoms with Crippen molar-refractivity contribution in [3.05, 3.63) is 59.8 Å². The number of anilines is 2. The molecule has 3 aromatic heterocycles. The van der Waals surface area contributed by atoms with Crippen LogP contribution in [0, 0.1) is 5.92 Å². The van der Waals surface area contributed by atoms with Crippen LogP contribution in [0.15, 0.2) is 43.0 Å². The number of carbonyl (C=O) groups is 3. The number of nitrogens with zero attached hydrogens (tertiary/aromatic N) is 5. The first-order valence-electron chi connectivity index (χ1n) is 14.6. The number of amides is 1. The third-order valence-electron chi connectivity index (χ3n) is 7.31. The Hall–Kier alpha value is -4.83. The molecule has 1 atom stereocenters. The van der Waals surface area contributed by atoms with Crippen molar-refractivity contribution in [3.8, 4) is 11.3 Å². The standard InChI is InChI=1S/C29H33F3N8O3.CH2O2/c1-2-19-14-20(4-6-22(19)28(42)35-9-12-43-11-7-33)37-26-27-36-15-24(40(27)10-8-34-26)23-17-39(38-25(23)29(30,31)32)16-18-3-5-21(41)13-18;2-1-3/h4,6,8,10,14-15,17-18H,2-3,5,7,9,11-13,16,33H2,1H3,(H,34,37)(H,35,42);1H,(H,2,3). The highest BCUT2D eigenvalue weighted by molar-refractivity contribution is 5.96. The van der Waals surface area contributed by atoms with E-state index in [4.69, 9.17) is 20.4 Å². The van der Waals surface area contributed by atoms with Gasteiger partial charge in [0, 0.05) is 62.3 Å². The summed E-state index contributed by atoms with van der Waals surface area (Å²) in [6.45, 7) is 3.46. The van der Waals surface area contributed by atoms with Crippen molar-refractivity contribution in [1.82, 2.24) is 29.5 Å². The third kappa shape index (κ3) is 8.25. The van der Waals surface area contributed by atoms with Crippen molar-refractivity contribution in [2.24, 2.45) is 11.7 Å². The minimum Gasteiger partial charge on any atom is -0.483 e. The number of carboxylic acid groups (broad SMARTS) is 1. The summed E-state index contributed by atoms with van der Waals surface area (Å²) in [5, 5.41) is 16.8. The Morgan fingerprint density at radius 1 is 1.26 bits per heavy atom. The summed E-state index contributed by atoms with van der Waals surface area (Å²) in [6.07, 6.45) is 3.07. The van der Waals surface area contributed by atoms with Crippen molar-refractivity contribution >= 4 is 35.3 Å². The lowest BCUT2D eigenvalue weighted by atomic mass is 10.0. The summed E-state index contributed by atoms with van der Waals surface area (Å²) in [4.78, 5) is 41.5. The van der Waals surface area contributed by atoms with E-state index in [1.807, 2.05) is 13.0 Å². The SMILES string of the molecule is CCc1cc(Nc2nccn3c(-c4cn(CC5CCC(=O)C5)nc4C(F)(F)F)cnc23)ccc1C(=O)NCCOCCN.O=CO. The first-order chi connectivity index (χ1) is 22.1. The maximum Gasteiger partial charge on any atom is 0.435 e. The van der Waals surface area contributed by atoms with Crippen LogP contribution >= 0.6 is 0 Å². The zero-order valence-electron chi connectivity index (χ0n) is 25.1. The molecule has 0 saturated heterocycles. The number of ketones is 1. The second-order valence-corrected chi connectivity index (χ2v) is 10.5. The topological polar surface area (TPSA) is 179 Å². The Bertz CT molecular complexity index is 1670. The zero-order chi connectivity index (χ0) is 33.3. The second-order valence-electron chi connectivity index (χ2n) is 10.5. The molecule has 0 spiro atoms. The van der Waals surface area contributed by atoms with Crippen molar-refractivity contribution in [2.75, 3.05) is 31.6 Å². The van der Waals surface area contributed by atoms with E-state index in [0.717, 1.165) is 5.56 Å². The fourth-order valence-electron chi connectivity index (χ4n) is 5.27. The number of Topliss-reactive ketones (excluding diaryl/α,β-unsaturated/α-hetero) is 1. The van der Waals surface area contributed by atoms with Gasteiger partial charge in [-0.05, 0) is 42.5 Å². The molecule has 1 aliphatic rings. The lowest BCUT2D eigenvalue weighted by molar-refractivity contribution is -0.141. The number of ether oxygens (including phenoxy) is 1. The van der Waals surface area contributed by atoms with Crippen molar-refractivity contribution < 1.29 is 37.4 Å². The van der Waals surface area contributed by atoms with Crippen molar-refractivity contribution in [3.63, 3.8) is 0 Å². The number of halogens is 3. The molecule has 5 N–H and O–H groups in total. The van der Waals surface area contributed by atoms with Crippen LogP contribution < -0.4 is 16.4 Å². The van der Waals surface area contributed by atoms with Gasteiger partial charge in [-0.3, -0.25) is 23.5 Å². The van der Waals surface area contributed by atoms with Crippen molar-refractivity contribution in [2.45, 2.75) is 45.3 Å². The minimum absolute atomic E-state index is 0.0376. The zero-order valence-corrected chi connectivity index (χ0v) is 25.1. The third-order valence-corrected chi connectivity index (χ3v) is 7.31. The van der Waals surface area contributed by atoms with Gasteiger partial charge in [0.25, 0.3) is 12.4 Å². The van der Waals surface area contributed by atoms with Gasteiger partial charge in [0.2, 0.25) is 0 Å². The van der Waals surface area contributed by atoms with E-state index in [1.54, 1.807) is 12.1 Å². The molecule has 1 amide bonds. The summed E-state index contributed by atoms with van der Waals surface area (Å²) in [5.41, 5.74) is 6.76. The van der Waals surface area contributed by atoms with Gasteiger partial charge in [-0.2, -0.15) is 18.3 Å². The second kappa shape index (κ2) is 15.4. The van der Waals surface area contributed by atoms with E-state index in [0.29, 0.717) is 74.7 Å². The fourth-order valence-corrected chi connectivity index (χ4v) is 5.27. The number of rotatable bonds is 12. The Labute approximate surface area is 262 Å². The van der Waals surface area contributed by atoms with Crippen LogP contribution in [-0.2, 0) is 33.5 Å². The molecule has 1 unspecified atom stereocenters. The van der Waals surface area contributed by atoms with Crippen LogP contribution in [0.25, 0.3) is 16.9 Å². The molecule has 1 aromatic carbocycles. The molecule has 5 rings (SSSR count). The number of nitrogens with two attached hydrogens (primary N) is 1. The van der Waals surface area contributed by atoms with Gasteiger partial charge in [-0.15, -0.1) is 0 Å². The van der Waals surface area contributed by atoms with Gasteiger partial charge in [0.05, 0.1) is 30.7 Å². The number of carbonyl (C=O) groups excluding carboxylic acids is 2. The van der Waals surface area contributed by atoms with Gasteiger partial charge in [-0.1, -0.05) is 6.92 Å². The largest absolute Gasteiger partial charge is 0.483 e. The van der Waals surface area contributed by atoms with Gasteiger partial charge < -0.3 is 26.2 Å². The van der Waals surface area contributed by atoms with E-state index < -0.39 is 11.9 Å². The van der Waals surface area contributed by atoms with Gasteiger partial charge in [0.15, 0.2) is 17.2 Å². The molecule has 13 nitrogen and oxygen atoms in total. The number of nitrogens with one attached hydrogen (secondary N) is 2. The van der Waals surface area contributed by atoms with Crippen LogP contribution in [0.2, 0.25) is 0 Å². The summed E-state index contributed by atoms with van der Waals surface area (Å²) < 4.78 is 50.3. The molecule has 46 heavy (non-hydrogen) atoms. The normalized spacial score (nSPS) is 14.6. The molecule has 1 aliphatic carbocycles. The number of alkyl halides is 3. The number of hydrogen-bond acceptors (Lipinski definition) is 9. The fraction of sp³-hybridized carbons (Fsp3) is 0.400. The minimum atomic E-state index is -4.69. The van der Waals surface area contributed by atoms with E-state index in [-0.39, 0.29) is 41.9 Å². The number of fused-ring (bicyclic) bond motifs is 1. The molecular formula is C30H35F3N8O5. The number of aromatic nitrogens is 5. The highest BCUT2D eigenvalue weighted by atomic mass is 19.4. The molecule has 4 aromatic rings. The average molecular weight is 645 g/mol. The number of aryl methyl sites for hydroxylation is 1. The van der Waals surface area contributed by atoms with Crippen LogP contribution in [-0.4, -0.2) is 73.7 Å². The Morgan fingerprint density at radius 3 is 2.72 bits per heavy atom. The van der Waals surface area contributed by atoms with E-state index in [2.05, 4.69) is 25.7 Å². The van der Waals surface area contributed by atoms with Gasteiger partial charge in [0.1, 0.15) is 5.78 Å². The van der Waals surface area contributed by atoms with Crippen LogP contribution in [0.4, 0.5) is 24.7 Å². The van der Waals surface area contributed by atoms with Crippen LogP contribution in [0.3, 0.4) is 0 Å². The summed E-state index contributed by atoms with van der Waals surface area (Å²) in [7, 11) is 0. The monoisotopic (exact) mass is 644 g/mol. The summed E-state index contributed by atoms with van der Waals surface area (Å²) >= 11 is 0. The molecule has 0 bridgehead atoms. The quantitative estimate of drug-likeness (QED) is 0.131. The van der Waals surface area contributed by atoms with E-state index in [9.17, 15) is 22.8 Å².